The minimum Gasteiger partial charge on any atom is -0.354 e. The van der Waals surface area contributed by atoms with Crippen molar-refractivity contribution in [3.63, 3.8) is 0 Å². The molecular weight excluding hydrogens is 230 g/mol. The Kier molecular flexibility index (Phi) is 2.87. The van der Waals surface area contributed by atoms with E-state index in [2.05, 4.69) is 20.4 Å². The third kappa shape index (κ3) is 1.73. The number of aromatic nitrogens is 2. The molecule has 2 fully saturated rings. The molecule has 0 radical (unpaired) electrons. The van der Waals surface area contributed by atoms with Crippen LogP contribution in [-0.4, -0.2) is 35.2 Å². The van der Waals surface area contributed by atoms with Crippen molar-refractivity contribution < 1.29 is 4.79 Å². The van der Waals surface area contributed by atoms with Gasteiger partial charge in [-0.2, -0.15) is 5.10 Å². The number of piperidine rings is 1. The first-order chi connectivity index (χ1) is 8.81. The average molecular weight is 247 g/mol. The molecule has 1 amide bonds. The van der Waals surface area contributed by atoms with E-state index in [0.29, 0.717) is 13.1 Å². The Balaban J connectivity index is 1.93. The highest BCUT2D eigenvalue weighted by Crippen LogP contribution is 2.31. The summed E-state index contributed by atoms with van der Waals surface area (Å²) in [5, 5.41) is 11.1. The van der Waals surface area contributed by atoms with Gasteiger partial charge in [-0.3, -0.25) is 4.79 Å². The fourth-order valence-corrected chi connectivity index (χ4v) is 2.97. The molecule has 3 rings (SSSR count). The summed E-state index contributed by atoms with van der Waals surface area (Å²) < 4.78 is 0. The van der Waals surface area contributed by atoms with Crippen LogP contribution < -0.4 is 16.0 Å². The summed E-state index contributed by atoms with van der Waals surface area (Å²) in [5.41, 5.74) is 6.74. The standard InChI is InChI=1S/C12H17N5O/c13-6-8-3-4-15-16-11(8)17-5-1-2-9-10(17)7-14-12(9)18/h3-4,9-10H,1-2,5-7,13H2,(H,14,18). The molecule has 96 valence electrons. The first-order valence-corrected chi connectivity index (χ1v) is 6.36. The molecular formula is C12H17N5O. The van der Waals surface area contributed by atoms with Crippen molar-refractivity contribution in [2.24, 2.45) is 11.7 Å². The third-order valence-corrected chi connectivity index (χ3v) is 3.88. The van der Waals surface area contributed by atoms with Crippen molar-refractivity contribution in [3.05, 3.63) is 17.8 Å². The highest BCUT2D eigenvalue weighted by molar-refractivity contribution is 5.83. The number of carbonyl (C=O) groups excluding carboxylic acids is 1. The molecule has 1 aromatic heterocycles. The quantitative estimate of drug-likeness (QED) is 0.746. The van der Waals surface area contributed by atoms with Gasteiger partial charge in [-0.05, 0) is 18.9 Å². The van der Waals surface area contributed by atoms with Gasteiger partial charge in [0.25, 0.3) is 0 Å². The van der Waals surface area contributed by atoms with Crippen LogP contribution in [0.5, 0.6) is 0 Å². The summed E-state index contributed by atoms with van der Waals surface area (Å²) in [6.45, 7) is 2.06. The molecule has 1 aromatic rings. The topological polar surface area (TPSA) is 84.1 Å². The molecule has 3 N–H and O–H groups in total. The van der Waals surface area contributed by atoms with Crippen LogP contribution >= 0.6 is 0 Å². The SMILES string of the molecule is NCc1ccnnc1N1CCCC2C(=O)NCC21. The molecule has 2 aliphatic rings. The monoisotopic (exact) mass is 247 g/mol. The van der Waals surface area contributed by atoms with E-state index in [1.807, 2.05) is 6.07 Å². The first kappa shape index (κ1) is 11.4. The lowest BCUT2D eigenvalue weighted by Crippen LogP contribution is -2.46. The number of amides is 1. The molecule has 0 aliphatic carbocycles. The minimum absolute atomic E-state index is 0.0892. The lowest BCUT2D eigenvalue weighted by molar-refractivity contribution is -0.123. The van der Waals surface area contributed by atoms with E-state index in [1.165, 1.54) is 0 Å². The van der Waals surface area contributed by atoms with Gasteiger partial charge in [0, 0.05) is 25.2 Å². The van der Waals surface area contributed by atoms with E-state index < -0.39 is 0 Å². The van der Waals surface area contributed by atoms with E-state index in [1.54, 1.807) is 6.20 Å². The molecule has 6 heteroatoms. The first-order valence-electron chi connectivity index (χ1n) is 6.36. The smallest absolute Gasteiger partial charge is 0.225 e. The largest absolute Gasteiger partial charge is 0.354 e. The van der Waals surface area contributed by atoms with Crippen molar-refractivity contribution in [1.82, 2.24) is 15.5 Å². The van der Waals surface area contributed by atoms with Gasteiger partial charge < -0.3 is 16.0 Å². The Morgan fingerprint density at radius 3 is 3.28 bits per heavy atom. The fourth-order valence-electron chi connectivity index (χ4n) is 2.97. The Labute approximate surface area is 106 Å². The predicted molar refractivity (Wildman–Crippen MR) is 66.8 cm³/mol. The summed E-state index contributed by atoms with van der Waals surface area (Å²) >= 11 is 0. The number of nitrogens with two attached hydrogens (primary N) is 1. The van der Waals surface area contributed by atoms with Gasteiger partial charge in [-0.1, -0.05) is 0 Å². The molecule has 3 heterocycles. The van der Waals surface area contributed by atoms with E-state index in [0.717, 1.165) is 30.8 Å². The molecule has 2 aliphatic heterocycles. The van der Waals surface area contributed by atoms with Crippen molar-refractivity contribution in [2.45, 2.75) is 25.4 Å². The van der Waals surface area contributed by atoms with Crippen LogP contribution in [0.2, 0.25) is 0 Å². The second kappa shape index (κ2) is 4.53. The molecule has 0 aromatic carbocycles. The molecule has 0 saturated carbocycles. The maximum atomic E-state index is 11.7. The average Bonchev–Trinajstić information content (AvgIpc) is 2.81. The van der Waals surface area contributed by atoms with Crippen LogP contribution in [0.1, 0.15) is 18.4 Å². The van der Waals surface area contributed by atoms with Crippen molar-refractivity contribution >= 4 is 11.7 Å². The van der Waals surface area contributed by atoms with Crippen molar-refractivity contribution in [3.8, 4) is 0 Å². The molecule has 18 heavy (non-hydrogen) atoms. The summed E-state index contributed by atoms with van der Waals surface area (Å²) in [7, 11) is 0. The highest BCUT2D eigenvalue weighted by Gasteiger charge is 2.41. The zero-order valence-corrected chi connectivity index (χ0v) is 10.2. The molecule has 2 atom stereocenters. The number of nitrogens with zero attached hydrogens (tertiary/aromatic N) is 3. The summed E-state index contributed by atoms with van der Waals surface area (Å²) in [6, 6.07) is 2.10. The van der Waals surface area contributed by atoms with Crippen LogP contribution in [0.15, 0.2) is 12.3 Å². The van der Waals surface area contributed by atoms with E-state index in [9.17, 15) is 4.79 Å². The fraction of sp³-hybridized carbons (Fsp3) is 0.583. The van der Waals surface area contributed by atoms with Crippen LogP contribution in [0.3, 0.4) is 0 Å². The van der Waals surface area contributed by atoms with Gasteiger partial charge in [0.05, 0.1) is 18.2 Å². The zero-order valence-electron chi connectivity index (χ0n) is 10.2. The van der Waals surface area contributed by atoms with Gasteiger partial charge in [0.15, 0.2) is 5.82 Å². The van der Waals surface area contributed by atoms with E-state index in [4.69, 9.17) is 5.73 Å². The van der Waals surface area contributed by atoms with E-state index >= 15 is 0 Å². The number of fused-ring (bicyclic) bond motifs is 1. The van der Waals surface area contributed by atoms with Gasteiger partial charge in [0.1, 0.15) is 0 Å². The Hall–Kier alpha value is -1.69. The number of hydrogen-bond acceptors (Lipinski definition) is 5. The number of nitrogens with one attached hydrogen (secondary N) is 1. The van der Waals surface area contributed by atoms with Gasteiger partial charge in [-0.15, -0.1) is 5.10 Å². The van der Waals surface area contributed by atoms with Crippen LogP contribution in [0.25, 0.3) is 0 Å². The lowest BCUT2D eigenvalue weighted by atomic mass is 9.91. The number of hydrogen-bond donors (Lipinski definition) is 2. The predicted octanol–water partition coefficient (Wildman–Crippen LogP) is -0.350. The molecule has 0 spiro atoms. The Bertz CT molecular complexity index is 464. The lowest BCUT2D eigenvalue weighted by Gasteiger charge is -2.37. The van der Waals surface area contributed by atoms with Crippen molar-refractivity contribution in [2.75, 3.05) is 18.0 Å². The maximum absolute atomic E-state index is 11.7. The summed E-state index contributed by atoms with van der Waals surface area (Å²) in [4.78, 5) is 13.9. The van der Waals surface area contributed by atoms with Crippen molar-refractivity contribution in [1.29, 1.82) is 0 Å². The minimum atomic E-state index is 0.0892. The third-order valence-electron chi connectivity index (χ3n) is 3.88. The molecule has 6 nitrogen and oxygen atoms in total. The number of carbonyl (C=O) groups is 1. The summed E-state index contributed by atoms with van der Waals surface area (Å²) in [5.74, 6) is 1.10. The van der Waals surface area contributed by atoms with Gasteiger partial charge >= 0.3 is 0 Å². The Morgan fingerprint density at radius 2 is 2.44 bits per heavy atom. The number of rotatable bonds is 2. The summed E-state index contributed by atoms with van der Waals surface area (Å²) in [6.07, 6.45) is 3.63. The van der Waals surface area contributed by atoms with Gasteiger partial charge in [0.2, 0.25) is 5.91 Å². The van der Waals surface area contributed by atoms with Crippen LogP contribution in [-0.2, 0) is 11.3 Å². The molecule has 0 bridgehead atoms. The highest BCUT2D eigenvalue weighted by atomic mass is 16.2. The normalized spacial score (nSPS) is 26.9. The second-order valence-electron chi connectivity index (χ2n) is 4.84. The number of anilines is 1. The van der Waals surface area contributed by atoms with Gasteiger partial charge in [-0.25, -0.2) is 0 Å². The van der Waals surface area contributed by atoms with Crippen LogP contribution in [0.4, 0.5) is 5.82 Å². The zero-order chi connectivity index (χ0) is 12.5. The second-order valence-corrected chi connectivity index (χ2v) is 4.84. The Morgan fingerprint density at radius 1 is 1.56 bits per heavy atom. The maximum Gasteiger partial charge on any atom is 0.225 e. The molecule has 2 unspecified atom stereocenters. The molecule has 2 saturated heterocycles. The van der Waals surface area contributed by atoms with E-state index in [-0.39, 0.29) is 17.9 Å². The van der Waals surface area contributed by atoms with Crippen LogP contribution in [0, 0.1) is 5.92 Å².